The van der Waals surface area contributed by atoms with E-state index in [0.717, 1.165) is 18.6 Å². The number of halogens is 1. The molecule has 0 fully saturated rings. The summed E-state index contributed by atoms with van der Waals surface area (Å²) in [6.45, 7) is 0. The summed E-state index contributed by atoms with van der Waals surface area (Å²) >= 11 is 3.69. The molecular formula is C13H13BrO. The molecule has 15 heavy (non-hydrogen) atoms. The van der Waals surface area contributed by atoms with Crippen molar-refractivity contribution in [1.82, 2.24) is 0 Å². The van der Waals surface area contributed by atoms with Gasteiger partial charge < -0.3 is 4.42 Å². The molecule has 0 aliphatic rings. The van der Waals surface area contributed by atoms with E-state index in [1.807, 2.05) is 18.2 Å². The van der Waals surface area contributed by atoms with E-state index in [0.29, 0.717) is 4.83 Å². The van der Waals surface area contributed by atoms with Crippen LogP contribution in [0.4, 0.5) is 0 Å². The van der Waals surface area contributed by atoms with Crippen molar-refractivity contribution in [2.75, 3.05) is 0 Å². The van der Waals surface area contributed by atoms with Crippen LogP contribution in [0.1, 0.15) is 22.6 Å². The second kappa shape index (κ2) is 5.17. The van der Waals surface area contributed by atoms with Gasteiger partial charge in [0.25, 0.3) is 0 Å². The Bertz CT molecular complexity index is 380. The molecular weight excluding hydrogens is 252 g/mol. The number of furan rings is 1. The maximum absolute atomic E-state index is 5.30. The average Bonchev–Trinajstić information content (AvgIpc) is 2.80. The minimum atomic E-state index is 0.406. The van der Waals surface area contributed by atoms with Gasteiger partial charge in [-0.05, 0) is 24.1 Å². The molecule has 0 bridgehead atoms. The normalized spacial score (nSPS) is 12.6. The maximum atomic E-state index is 5.30. The van der Waals surface area contributed by atoms with Gasteiger partial charge in [0.05, 0.1) is 6.26 Å². The Morgan fingerprint density at radius 2 is 1.87 bits per heavy atom. The standard InChI is InChI=1S/C13H13BrO/c14-13(11-5-2-1-3-6-11)9-8-12-7-4-10-15-12/h1-7,10,13H,8-9H2. The minimum Gasteiger partial charge on any atom is -0.469 e. The first-order chi connectivity index (χ1) is 7.36. The van der Waals surface area contributed by atoms with E-state index in [-0.39, 0.29) is 0 Å². The first kappa shape index (κ1) is 10.5. The number of hydrogen-bond acceptors (Lipinski definition) is 1. The fourth-order valence-corrected chi connectivity index (χ4v) is 2.09. The molecule has 0 radical (unpaired) electrons. The van der Waals surface area contributed by atoms with E-state index < -0.39 is 0 Å². The van der Waals surface area contributed by atoms with Gasteiger partial charge in [0.2, 0.25) is 0 Å². The van der Waals surface area contributed by atoms with Crippen LogP contribution in [-0.2, 0) is 6.42 Å². The summed E-state index contributed by atoms with van der Waals surface area (Å²) in [7, 11) is 0. The molecule has 0 spiro atoms. The van der Waals surface area contributed by atoms with Crippen LogP contribution >= 0.6 is 15.9 Å². The zero-order chi connectivity index (χ0) is 10.5. The summed E-state index contributed by atoms with van der Waals surface area (Å²) in [4.78, 5) is 0.406. The molecule has 2 heteroatoms. The molecule has 0 saturated heterocycles. The Hall–Kier alpha value is -1.02. The van der Waals surface area contributed by atoms with Gasteiger partial charge in [0.15, 0.2) is 0 Å². The second-order valence-electron chi connectivity index (χ2n) is 3.50. The van der Waals surface area contributed by atoms with Crippen LogP contribution in [0.5, 0.6) is 0 Å². The monoisotopic (exact) mass is 264 g/mol. The Morgan fingerprint density at radius 3 is 2.53 bits per heavy atom. The van der Waals surface area contributed by atoms with Crippen LogP contribution in [0.3, 0.4) is 0 Å². The first-order valence-corrected chi connectivity index (χ1v) is 5.99. The fourth-order valence-electron chi connectivity index (χ4n) is 1.55. The number of benzene rings is 1. The largest absolute Gasteiger partial charge is 0.469 e. The molecule has 0 N–H and O–H groups in total. The Kier molecular flexibility index (Phi) is 3.62. The highest BCUT2D eigenvalue weighted by Gasteiger charge is 2.07. The van der Waals surface area contributed by atoms with Crippen LogP contribution in [0.15, 0.2) is 53.1 Å². The van der Waals surface area contributed by atoms with Crippen LogP contribution in [-0.4, -0.2) is 0 Å². The van der Waals surface area contributed by atoms with E-state index in [1.165, 1.54) is 5.56 Å². The van der Waals surface area contributed by atoms with Crippen molar-refractivity contribution < 1.29 is 4.42 Å². The summed E-state index contributed by atoms with van der Waals surface area (Å²) in [5.74, 6) is 1.05. The van der Waals surface area contributed by atoms with Crippen LogP contribution < -0.4 is 0 Å². The van der Waals surface area contributed by atoms with Crippen molar-refractivity contribution in [2.24, 2.45) is 0 Å². The average molecular weight is 265 g/mol. The lowest BCUT2D eigenvalue weighted by Gasteiger charge is -2.08. The summed E-state index contributed by atoms with van der Waals surface area (Å²) in [6, 6.07) is 14.4. The molecule has 1 aromatic carbocycles. The number of alkyl halides is 1. The summed E-state index contributed by atoms with van der Waals surface area (Å²) in [5, 5.41) is 0. The van der Waals surface area contributed by atoms with Crippen molar-refractivity contribution >= 4 is 15.9 Å². The predicted molar refractivity (Wildman–Crippen MR) is 65.1 cm³/mol. The molecule has 78 valence electrons. The lowest BCUT2D eigenvalue weighted by Crippen LogP contribution is -1.92. The molecule has 1 aromatic heterocycles. The lowest BCUT2D eigenvalue weighted by atomic mass is 10.1. The van der Waals surface area contributed by atoms with E-state index in [2.05, 4.69) is 40.2 Å². The van der Waals surface area contributed by atoms with Gasteiger partial charge in [-0.2, -0.15) is 0 Å². The SMILES string of the molecule is BrC(CCc1ccco1)c1ccccc1. The van der Waals surface area contributed by atoms with Gasteiger partial charge in [0, 0.05) is 11.2 Å². The molecule has 0 aliphatic carbocycles. The molecule has 1 nitrogen and oxygen atoms in total. The third kappa shape index (κ3) is 2.96. The van der Waals surface area contributed by atoms with Crippen molar-refractivity contribution in [3.05, 3.63) is 60.1 Å². The van der Waals surface area contributed by atoms with Gasteiger partial charge in [-0.1, -0.05) is 46.3 Å². The van der Waals surface area contributed by atoms with Crippen molar-refractivity contribution in [3.8, 4) is 0 Å². The van der Waals surface area contributed by atoms with Gasteiger partial charge in [-0.3, -0.25) is 0 Å². The van der Waals surface area contributed by atoms with Crippen molar-refractivity contribution in [3.63, 3.8) is 0 Å². The Morgan fingerprint density at radius 1 is 1.07 bits per heavy atom. The minimum absolute atomic E-state index is 0.406. The van der Waals surface area contributed by atoms with Crippen LogP contribution in [0.25, 0.3) is 0 Å². The molecule has 1 unspecified atom stereocenters. The number of hydrogen-bond donors (Lipinski definition) is 0. The fraction of sp³-hybridized carbons (Fsp3) is 0.231. The highest BCUT2D eigenvalue weighted by atomic mass is 79.9. The Balaban J connectivity index is 1.90. The zero-order valence-corrected chi connectivity index (χ0v) is 9.98. The van der Waals surface area contributed by atoms with Gasteiger partial charge in [-0.15, -0.1) is 0 Å². The Labute approximate surface area is 98.2 Å². The zero-order valence-electron chi connectivity index (χ0n) is 8.40. The number of rotatable bonds is 4. The van der Waals surface area contributed by atoms with E-state index in [1.54, 1.807) is 6.26 Å². The first-order valence-electron chi connectivity index (χ1n) is 5.07. The highest BCUT2D eigenvalue weighted by molar-refractivity contribution is 9.09. The van der Waals surface area contributed by atoms with Crippen LogP contribution in [0.2, 0.25) is 0 Å². The van der Waals surface area contributed by atoms with E-state index in [9.17, 15) is 0 Å². The molecule has 1 heterocycles. The van der Waals surface area contributed by atoms with E-state index in [4.69, 9.17) is 4.42 Å². The van der Waals surface area contributed by atoms with Crippen molar-refractivity contribution in [2.45, 2.75) is 17.7 Å². The molecule has 1 atom stereocenters. The number of aryl methyl sites for hydroxylation is 1. The topological polar surface area (TPSA) is 13.1 Å². The van der Waals surface area contributed by atoms with Gasteiger partial charge in [0.1, 0.15) is 5.76 Å². The molecule has 0 saturated carbocycles. The van der Waals surface area contributed by atoms with Gasteiger partial charge >= 0.3 is 0 Å². The quantitative estimate of drug-likeness (QED) is 0.749. The smallest absolute Gasteiger partial charge is 0.103 e. The second-order valence-corrected chi connectivity index (χ2v) is 4.60. The molecule has 0 amide bonds. The summed E-state index contributed by atoms with van der Waals surface area (Å²) in [5.41, 5.74) is 1.32. The molecule has 0 aliphatic heterocycles. The molecule has 2 aromatic rings. The van der Waals surface area contributed by atoms with Crippen LogP contribution in [0, 0.1) is 0 Å². The van der Waals surface area contributed by atoms with Gasteiger partial charge in [-0.25, -0.2) is 0 Å². The third-order valence-electron chi connectivity index (χ3n) is 2.39. The predicted octanol–water partition coefficient (Wildman–Crippen LogP) is 4.35. The van der Waals surface area contributed by atoms with Crippen molar-refractivity contribution in [1.29, 1.82) is 0 Å². The summed E-state index contributed by atoms with van der Waals surface area (Å²) < 4.78 is 5.30. The third-order valence-corrected chi connectivity index (χ3v) is 3.37. The summed E-state index contributed by atoms with van der Waals surface area (Å²) in [6.07, 6.45) is 3.75. The lowest BCUT2D eigenvalue weighted by molar-refractivity contribution is 0.501. The highest BCUT2D eigenvalue weighted by Crippen LogP contribution is 2.27. The van der Waals surface area contributed by atoms with E-state index >= 15 is 0 Å². The maximum Gasteiger partial charge on any atom is 0.103 e. The molecule has 2 rings (SSSR count).